The predicted molar refractivity (Wildman–Crippen MR) is 85.2 cm³/mol. The van der Waals surface area contributed by atoms with Gasteiger partial charge in [-0.15, -0.1) is 0 Å². The Kier molecular flexibility index (Phi) is 5.95. The molecule has 0 unspecified atom stereocenters. The van der Waals surface area contributed by atoms with Crippen molar-refractivity contribution in [1.29, 1.82) is 0 Å². The minimum absolute atomic E-state index is 0.0354. The molecule has 1 heterocycles. The number of nitrogens with zero attached hydrogens (tertiary/aromatic N) is 2. The number of primary amides is 1. The standard InChI is InChI=1S/C16H23N3O4/c1-12(20)10-18-6-8-19(9-7-18)15(21)11-23-14-4-2-13(3-5-14)16(17)22/h2-5,12,20H,6-11H2,1H3,(H2,17,22)/t12-/m0/s1. The fourth-order valence-electron chi connectivity index (χ4n) is 2.51. The van der Waals surface area contributed by atoms with Gasteiger partial charge in [-0.05, 0) is 31.2 Å². The fourth-order valence-corrected chi connectivity index (χ4v) is 2.51. The summed E-state index contributed by atoms with van der Waals surface area (Å²) in [5.41, 5.74) is 5.57. The first-order chi connectivity index (χ1) is 11.0. The number of amides is 2. The van der Waals surface area contributed by atoms with Gasteiger partial charge in [0, 0.05) is 38.3 Å². The van der Waals surface area contributed by atoms with Crippen LogP contribution in [-0.4, -0.2) is 72.2 Å². The SMILES string of the molecule is C[C@H](O)CN1CCN(C(=O)COc2ccc(C(N)=O)cc2)CC1. The average molecular weight is 321 g/mol. The first kappa shape index (κ1) is 17.2. The Morgan fingerprint density at radius 2 is 1.83 bits per heavy atom. The highest BCUT2D eigenvalue weighted by Crippen LogP contribution is 2.12. The summed E-state index contributed by atoms with van der Waals surface area (Å²) < 4.78 is 5.45. The van der Waals surface area contributed by atoms with Crippen molar-refractivity contribution in [3.63, 3.8) is 0 Å². The molecule has 7 heteroatoms. The van der Waals surface area contributed by atoms with Crippen molar-refractivity contribution in [1.82, 2.24) is 9.80 Å². The molecule has 126 valence electrons. The number of rotatable bonds is 6. The van der Waals surface area contributed by atoms with Gasteiger partial charge < -0.3 is 20.5 Å². The van der Waals surface area contributed by atoms with Crippen LogP contribution in [0.15, 0.2) is 24.3 Å². The zero-order chi connectivity index (χ0) is 16.8. The maximum Gasteiger partial charge on any atom is 0.260 e. The molecule has 1 aromatic rings. The number of benzene rings is 1. The van der Waals surface area contributed by atoms with Crippen molar-refractivity contribution in [3.05, 3.63) is 29.8 Å². The van der Waals surface area contributed by atoms with Crippen LogP contribution in [-0.2, 0) is 4.79 Å². The lowest BCUT2D eigenvalue weighted by atomic mass is 10.2. The molecule has 1 atom stereocenters. The van der Waals surface area contributed by atoms with Crippen LogP contribution in [0, 0.1) is 0 Å². The number of carbonyl (C=O) groups is 2. The van der Waals surface area contributed by atoms with Gasteiger partial charge in [0.25, 0.3) is 5.91 Å². The zero-order valence-electron chi connectivity index (χ0n) is 13.3. The van der Waals surface area contributed by atoms with E-state index in [4.69, 9.17) is 10.5 Å². The van der Waals surface area contributed by atoms with Gasteiger partial charge in [0.2, 0.25) is 5.91 Å². The number of ether oxygens (including phenoxy) is 1. The predicted octanol–water partition coefficient (Wildman–Crippen LogP) is -0.311. The van der Waals surface area contributed by atoms with Gasteiger partial charge in [0.05, 0.1) is 6.10 Å². The Bertz CT molecular complexity index is 537. The van der Waals surface area contributed by atoms with E-state index in [-0.39, 0.29) is 18.6 Å². The smallest absolute Gasteiger partial charge is 0.260 e. The lowest BCUT2D eigenvalue weighted by molar-refractivity contribution is -0.135. The number of nitrogens with two attached hydrogens (primary N) is 1. The highest BCUT2D eigenvalue weighted by molar-refractivity contribution is 5.92. The topological polar surface area (TPSA) is 96.1 Å². The van der Waals surface area contributed by atoms with E-state index in [0.717, 1.165) is 13.1 Å². The van der Waals surface area contributed by atoms with Crippen molar-refractivity contribution in [2.24, 2.45) is 5.73 Å². The molecule has 0 spiro atoms. The van der Waals surface area contributed by atoms with Crippen molar-refractivity contribution in [2.45, 2.75) is 13.0 Å². The van der Waals surface area contributed by atoms with Crippen LogP contribution >= 0.6 is 0 Å². The van der Waals surface area contributed by atoms with Crippen molar-refractivity contribution >= 4 is 11.8 Å². The largest absolute Gasteiger partial charge is 0.484 e. The molecule has 23 heavy (non-hydrogen) atoms. The van der Waals surface area contributed by atoms with Gasteiger partial charge in [-0.2, -0.15) is 0 Å². The molecule has 3 N–H and O–H groups in total. The summed E-state index contributed by atoms with van der Waals surface area (Å²) in [4.78, 5) is 27.0. The number of hydrogen-bond donors (Lipinski definition) is 2. The Balaban J connectivity index is 1.76. The summed E-state index contributed by atoms with van der Waals surface area (Å²) >= 11 is 0. The van der Waals surface area contributed by atoms with E-state index in [9.17, 15) is 14.7 Å². The Hall–Kier alpha value is -2.12. The summed E-state index contributed by atoms with van der Waals surface area (Å²) in [5.74, 6) is -0.0422. The van der Waals surface area contributed by atoms with E-state index in [1.807, 2.05) is 0 Å². The minimum atomic E-state index is -0.498. The van der Waals surface area contributed by atoms with E-state index < -0.39 is 5.91 Å². The summed E-state index contributed by atoms with van der Waals surface area (Å²) in [7, 11) is 0. The van der Waals surface area contributed by atoms with Gasteiger partial charge in [0.15, 0.2) is 6.61 Å². The van der Waals surface area contributed by atoms with Crippen LogP contribution in [0.1, 0.15) is 17.3 Å². The van der Waals surface area contributed by atoms with Crippen LogP contribution in [0.2, 0.25) is 0 Å². The van der Waals surface area contributed by atoms with Crippen LogP contribution in [0.5, 0.6) is 5.75 Å². The second-order valence-electron chi connectivity index (χ2n) is 5.71. The van der Waals surface area contributed by atoms with E-state index in [2.05, 4.69) is 4.90 Å². The summed E-state index contributed by atoms with van der Waals surface area (Å²) in [6.45, 7) is 5.13. The Morgan fingerprint density at radius 3 is 2.35 bits per heavy atom. The van der Waals surface area contributed by atoms with Crippen LogP contribution in [0.3, 0.4) is 0 Å². The van der Waals surface area contributed by atoms with Crippen molar-refractivity contribution in [2.75, 3.05) is 39.3 Å². The summed E-state index contributed by atoms with van der Waals surface area (Å²) in [6.07, 6.45) is -0.357. The quantitative estimate of drug-likeness (QED) is 0.749. The van der Waals surface area contributed by atoms with E-state index in [0.29, 0.717) is 30.9 Å². The highest BCUT2D eigenvalue weighted by atomic mass is 16.5. The third kappa shape index (κ3) is 5.22. The number of piperazine rings is 1. The van der Waals surface area contributed by atoms with Gasteiger partial charge in [-0.25, -0.2) is 0 Å². The molecule has 7 nitrogen and oxygen atoms in total. The van der Waals surface area contributed by atoms with E-state index >= 15 is 0 Å². The highest BCUT2D eigenvalue weighted by Gasteiger charge is 2.21. The maximum atomic E-state index is 12.1. The molecular weight excluding hydrogens is 298 g/mol. The Labute approximate surface area is 135 Å². The molecule has 0 radical (unpaired) electrons. The molecule has 1 aliphatic heterocycles. The third-order valence-electron chi connectivity index (χ3n) is 3.75. The number of carbonyl (C=O) groups excluding carboxylic acids is 2. The zero-order valence-corrected chi connectivity index (χ0v) is 13.3. The van der Waals surface area contributed by atoms with Gasteiger partial charge in [-0.1, -0.05) is 0 Å². The Morgan fingerprint density at radius 1 is 1.22 bits per heavy atom. The molecule has 1 fully saturated rings. The van der Waals surface area contributed by atoms with E-state index in [1.165, 1.54) is 0 Å². The third-order valence-corrected chi connectivity index (χ3v) is 3.75. The second kappa shape index (κ2) is 7.94. The van der Waals surface area contributed by atoms with Crippen molar-refractivity contribution < 1.29 is 19.4 Å². The normalized spacial score (nSPS) is 16.9. The molecule has 0 saturated carbocycles. The van der Waals surface area contributed by atoms with Crippen LogP contribution in [0.4, 0.5) is 0 Å². The molecule has 2 amide bonds. The van der Waals surface area contributed by atoms with Gasteiger partial charge in [0.1, 0.15) is 5.75 Å². The first-order valence-electron chi connectivity index (χ1n) is 7.66. The lowest BCUT2D eigenvalue weighted by Gasteiger charge is -2.35. The second-order valence-corrected chi connectivity index (χ2v) is 5.71. The molecule has 0 aliphatic carbocycles. The average Bonchev–Trinajstić information content (AvgIpc) is 2.53. The fraction of sp³-hybridized carbons (Fsp3) is 0.500. The lowest BCUT2D eigenvalue weighted by Crippen LogP contribution is -2.51. The molecule has 1 aliphatic rings. The van der Waals surface area contributed by atoms with Crippen LogP contribution in [0.25, 0.3) is 0 Å². The number of hydrogen-bond acceptors (Lipinski definition) is 5. The molecular formula is C16H23N3O4. The summed E-state index contributed by atoms with van der Waals surface area (Å²) in [5, 5.41) is 9.37. The first-order valence-corrected chi connectivity index (χ1v) is 7.66. The van der Waals surface area contributed by atoms with Crippen LogP contribution < -0.4 is 10.5 Å². The monoisotopic (exact) mass is 321 g/mol. The van der Waals surface area contributed by atoms with E-state index in [1.54, 1.807) is 36.1 Å². The molecule has 2 rings (SSSR count). The van der Waals surface area contributed by atoms with Gasteiger partial charge >= 0.3 is 0 Å². The molecule has 1 saturated heterocycles. The number of aliphatic hydroxyl groups excluding tert-OH is 1. The molecule has 0 bridgehead atoms. The number of β-amino-alcohol motifs (C(OH)–C–C–N with tert-alkyl or cyclic N) is 1. The molecule has 1 aromatic carbocycles. The van der Waals surface area contributed by atoms with Crippen molar-refractivity contribution in [3.8, 4) is 5.75 Å². The minimum Gasteiger partial charge on any atom is -0.484 e. The van der Waals surface area contributed by atoms with Gasteiger partial charge in [-0.3, -0.25) is 14.5 Å². The number of aliphatic hydroxyl groups is 1. The summed E-state index contributed by atoms with van der Waals surface area (Å²) in [6, 6.07) is 6.37. The molecule has 0 aromatic heterocycles. The maximum absolute atomic E-state index is 12.1.